The summed E-state index contributed by atoms with van der Waals surface area (Å²) in [6.45, 7) is 1.95. The lowest BCUT2D eigenvalue weighted by Gasteiger charge is -2.22. The number of nitrogens with zero attached hydrogens (tertiary/aromatic N) is 4. The van der Waals surface area contributed by atoms with Crippen LogP contribution < -0.4 is 0 Å². The van der Waals surface area contributed by atoms with Crippen molar-refractivity contribution in [3.8, 4) is 0 Å². The molecule has 1 amide bonds. The highest BCUT2D eigenvalue weighted by Crippen LogP contribution is 2.38. The molecule has 6 nitrogen and oxygen atoms in total. The van der Waals surface area contributed by atoms with E-state index in [1.54, 1.807) is 18.7 Å². The summed E-state index contributed by atoms with van der Waals surface area (Å²) in [5, 5.41) is 17.0. The van der Waals surface area contributed by atoms with Crippen molar-refractivity contribution >= 4 is 5.91 Å². The third kappa shape index (κ3) is 2.82. The third-order valence-electron chi connectivity index (χ3n) is 3.17. The number of likely N-dealkylation sites (N-methyl/N-ethyl adjacent to an activating group) is 1. The van der Waals surface area contributed by atoms with Crippen molar-refractivity contribution in [3.63, 3.8) is 0 Å². The van der Waals surface area contributed by atoms with Gasteiger partial charge in [-0.1, -0.05) is 5.21 Å². The first kappa shape index (κ1) is 12.0. The number of aliphatic hydroxyl groups excluding tert-OH is 1. The molecule has 6 heteroatoms. The van der Waals surface area contributed by atoms with Gasteiger partial charge < -0.3 is 10.0 Å². The molecule has 1 fully saturated rings. The maximum Gasteiger partial charge on any atom is 0.244 e. The number of carbonyl (C=O) groups is 1. The van der Waals surface area contributed by atoms with E-state index in [-0.39, 0.29) is 25.1 Å². The molecule has 1 unspecified atom stereocenters. The van der Waals surface area contributed by atoms with Gasteiger partial charge in [0.1, 0.15) is 6.54 Å². The zero-order valence-corrected chi connectivity index (χ0v) is 10.2. The summed E-state index contributed by atoms with van der Waals surface area (Å²) in [5.74, 6) is 0.478. The van der Waals surface area contributed by atoms with E-state index in [9.17, 15) is 4.79 Å². The van der Waals surface area contributed by atoms with Gasteiger partial charge >= 0.3 is 0 Å². The minimum atomic E-state index is -0.172. The lowest BCUT2D eigenvalue weighted by molar-refractivity contribution is -0.133. The van der Waals surface area contributed by atoms with Crippen LogP contribution in [0.5, 0.6) is 0 Å². The fourth-order valence-corrected chi connectivity index (χ4v) is 1.58. The Bertz CT molecular complexity index is 400. The summed E-state index contributed by atoms with van der Waals surface area (Å²) >= 11 is 0. The highest BCUT2D eigenvalue weighted by Gasteiger charge is 2.27. The molecular weight excluding hydrogens is 220 g/mol. The van der Waals surface area contributed by atoms with E-state index >= 15 is 0 Å². The highest BCUT2D eigenvalue weighted by atomic mass is 16.3. The van der Waals surface area contributed by atoms with Crippen molar-refractivity contribution in [2.24, 2.45) is 0 Å². The van der Waals surface area contributed by atoms with E-state index in [0.717, 1.165) is 5.69 Å². The van der Waals surface area contributed by atoms with Gasteiger partial charge in [-0.25, -0.2) is 4.68 Å². The van der Waals surface area contributed by atoms with Gasteiger partial charge in [0, 0.05) is 19.2 Å². The largest absolute Gasteiger partial charge is 0.394 e. The van der Waals surface area contributed by atoms with Gasteiger partial charge in [-0.3, -0.25) is 4.79 Å². The Labute approximate surface area is 100 Å². The number of hydrogen-bond acceptors (Lipinski definition) is 4. The predicted molar refractivity (Wildman–Crippen MR) is 61.3 cm³/mol. The van der Waals surface area contributed by atoms with E-state index in [1.165, 1.54) is 17.7 Å². The molecule has 0 radical (unpaired) electrons. The summed E-state index contributed by atoms with van der Waals surface area (Å²) < 4.78 is 1.57. The van der Waals surface area contributed by atoms with E-state index in [2.05, 4.69) is 10.3 Å². The Morgan fingerprint density at radius 3 is 3.00 bits per heavy atom. The lowest BCUT2D eigenvalue weighted by atomic mass is 10.3. The SMILES string of the molecule is CC(CO)N(C)C(=O)Cn1cc(C2CC2)nn1. The summed E-state index contributed by atoms with van der Waals surface area (Å²) in [7, 11) is 1.68. The van der Waals surface area contributed by atoms with E-state index in [0.29, 0.717) is 5.92 Å². The van der Waals surface area contributed by atoms with Crippen molar-refractivity contribution < 1.29 is 9.90 Å². The first-order valence-corrected chi connectivity index (χ1v) is 5.88. The van der Waals surface area contributed by atoms with Crippen LogP contribution in [0.3, 0.4) is 0 Å². The maximum absolute atomic E-state index is 11.8. The number of rotatable bonds is 5. The van der Waals surface area contributed by atoms with Gasteiger partial charge in [0.25, 0.3) is 0 Å². The molecule has 1 aromatic rings. The summed E-state index contributed by atoms with van der Waals surface area (Å²) in [4.78, 5) is 13.4. The fourth-order valence-electron chi connectivity index (χ4n) is 1.58. The molecule has 1 atom stereocenters. The topological polar surface area (TPSA) is 71.2 Å². The number of amides is 1. The van der Waals surface area contributed by atoms with E-state index in [1.807, 2.05) is 6.20 Å². The average molecular weight is 238 g/mol. The van der Waals surface area contributed by atoms with Crippen LogP contribution in [0.2, 0.25) is 0 Å². The molecule has 0 aromatic carbocycles. The van der Waals surface area contributed by atoms with Crippen molar-refractivity contribution in [2.45, 2.75) is 38.3 Å². The van der Waals surface area contributed by atoms with Crippen molar-refractivity contribution in [2.75, 3.05) is 13.7 Å². The van der Waals surface area contributed by atoms with Gasteiger partial charge in [0.15, 0.2) is 0 Å². The first-order chi connectivity index (χ1) is 8.11. The lowest BCUT2D eigenvalue weighted by Crippen LogP contribution is -2.39. The molecule has 0 aliphatic heterocycles. The smallest absolute Gasteiger partial charge is 0.244 e. The second-order valence-electron chi connectivity index (χ2n) is 4.65. The van der Waals surface area contributed by atoms with Gasteiger partial charge in [0.2, 0.25) is 5.91 Å². The summed E-state index contributed by atoms with van der Waals surface area (Å²) in [6.07, 6.45) is 4.19. The van der Waals surface area contributed by atoms with Crippen LogP contribution in [0, 0.1) is 0 Å². The number of aromatic nitrogens is 3. The van der Waals surface area contributed by atoms with Crippen LogP contribution in [-0.2, 0) is 11.3 Å². The zero-order chi connectivity index (χ0) is 12.4. The first-order valence-electron chi connectivity index (χ1n) is 5.88. The number of hydrogen-bond donors (Lipinski definition) is 1. The van der Waals surface area contributed by atoms with Crippen LogP contribution in [-0.4, -0.2) is 50.6 Å². The average Bonchev–Trinajstić information content (AvgIpc) is 3.08. The Morgan fingerprint density at radius 1 is 1.71 bits per heavy atom. The molecular formula is C11H18N4O2. The van der Waals surface area contributed by atoms with E-state index in [4.69, 9.17) is 5.11 Å². The molecule has 1 saturated carbocycles. The molecule has 0 saturated heterocycles. The second kappa shape index (κ2) is 4.83. The molecule has 1 heterocycles. The normalized spacial score (nSPS) is 16.9. The second-order valence-corrected chi connectivity index (χ2v) is 4.65. The number of aliphatic hydroxyl groups is 1. The molecule has 1 aliphatic carbocycles. The Kier molecular flexibility index (Phi) is 3.42. The van der Waals surface area contributed by atoms with Crippen LogP contribution in [0.25, 0.3) is 0 Å². The van der Waals surface area contributed by atoms with Crippen LogP contribution in [0.1, 0.15) is 31.4 Å². The Hall–Kier alpha value is -1.43. The molecule has 1 N–H and O–H groups in total. The predicted octanol–water partition coefficient (Wildman–Crippen LogP) is -0.00530. The molecule has 94 valence electrons. The standard InChI is InChI=1S/C11H18N4O2/c1-8(7-16)14(2)11(17)6-15-5-10(12-13-15)9-3-4-9/h5,8-9,16H,3-4,6-7H2,1-2H3. The molecule has 0 bridgehead atoms. The quantitative estimate of drug-likeness (QED) is 0.783. The van der Waals surface area contributed by atoms with Crippen LogP contribution >= 0.6 is 0 Å². The van der Waals surface area contributed by atoms with Gasteiger partial charge in [-0.05, 0) is 19.8 Å². The maximum atomic E-state index is 11.8. The van der Waals surface area contributed by atoms with Gasteiger partial charge in [0.05, 0.1) is 18.3 Å². The Morgan fingerprint density at radius 2 is 2.41 bits per heavy atom. The van der Waals surface area contributed by atoms with Crippen LogP contribution in [0.4, 0.5) is 0 Å². The summed E-state index contributed by atoms with van der Waals surface area (Å²) in [5.41, 5.74) is 0.982. The Balaban J connectivity index is 1.92. The molecule has 2 rings (SSSR count). The van der Waals surface area contributed by atoms with Crippen molar-refractivity contribution in [1.29, 1.82) is 0 Å². The molecule has 17 heavy (non-hydrogen) atoms. The fraction of sp³-hybridized carbons (Fsp3) is 0.727. The van der Waals surface area contributed by atoms with Gasteiger partial charge in [-0.2, -0.15) is 0 Å². The monoisotopic (exact) mass is 238 g/mol. The minimum Gasteiger partial charge on any atom is -0.394 e. The number of carbonyl (C=O) groups excluding carboxylic acids is 1. The van der Waals surface area contributed by atoms with Crippen molar-refractivity contribution in [1.82, 2.24) is 19.9 Å². The highest BCUT2D eigenvalue weighted by molar-refractivity contribution is 5.75. The van der Waals surface area contributed by atoms with E-state index < -0.39 is 0 Å². The molecule has 1 aromatic heterocycles. The minimum absolute atomic E-state index is 0.0348. The van der Waals surface area contributed by atoms with Crippen molar-refractivity contribution in [3.05, 3.63) is 11.9 Å². The zero-order valence-electron chi connectivity index (χ0n) is 10.2. The third-order valence-corrected chi connectivity index (χ3v) is 3.17. The molecule has 1 aliphatic rings. The molecule has 0 spiro atoms. The van der Waals surface area contributed by atoms with Gasteiger partial charge in [-0.15, -0.1) is 5.10 Å². The van der Waals surface area contributed by atoms with Crippen LogP contribution in [0.15, 0.2) is 6.20 Å². The summed E-state index contributed by atoms with van der Waals surface area (Å²) in [6, 6.07) is -0.172.